The summed E-state index contributed by atoms with van der Waals surface area (Å²) < 4.78 is 0. The van der Waals surface area contributed by atoms with Crippen LogP contribution in [0.2, 0.25) is 0 Å². The zero-order chi connectivity index (χ0) is 19.2. The number of carbonyl (C=O) groups is 1. The number of nitrogens with zero attached hydrogens (tertiary/aromatic N) is 5. The third-order valence-corrected chi connectivity index (χ3v) is 5.06. The molecule has 2 heterocycles. The van der Waals surface area contributed by atoms with Crippen molar-refractivity contribution in [3.8, 4) is 11.4 Å². The first-order chi connectivity index (χ1) is 13.1. The van der Waals surface area contributed by atoms with Gasteiger partial charge in [-0.25, -0.2) is 0 Å². The fraction of sp³-hybridized carbons (Fsp3) is 0.300. The van der Waals surface area contributed by atoms with Crippen molar-refractivity contribution in [3.63, 3.8) is 0 Å². The van der Waals surface area contributed by atoms with E-state index in [-0.39, 0.29) is 12.5 Å². The smallest absolute Gasteiger partial charge is 0.246 e. The molecule has 0 N–H and O–H groups in total. The monoisotopic (exact) mass is 381 g/mol. The Balaban J connectivity index is 1.68. The first-order valence-corrected chi connectivity index (χ1v) is 9.74. The molecule has 0 spiro atoms. The summed E-state index contributed by atoms with van der Waals surface area (Å²) in [5, 5.41) is 14.5. The van der Waals surface area contributed by atoms with Crippen LogP contribution in [0.5, 0.6) is 0 Å². The number of carbonyl (C=O) groups excluding carboxylic acids is 1. The molecule has 0 aliphatic rings. The summed E-state index contributed by atoms with van der Waals surface area (Å²) >= 11 is 1.63. The van der Waals surface area contributed by atoms with Crippen molar-refractivity contribution in [1.29, 1.82) is 0 Å². The summed E-state index contributed by atoms with van der Waals surface area (Å²) in [7, 11) is 0. The summed E-state index contributed by atoms with van der Waals surface area (Å²) in [6, 6.07) is 12.1. The lowest BCUT2D eigenvalue weighted by atomic mass is 10.0. The highest BCUT2D eigenvalue weighted by atomic mass is 32.1. The number of amides is 1. The van der Waals surface area contributed by atoms with Crippen LogP contribution < -0.4 is 0 Å². The van der Waals surface area contributed by atoms with Gasteiger partial charge in [-0.1, -0.05) is 50.3 Å². The summed E-state index contributed by atoms with van der Waals surface area (Å²) in [6.45, 7) is 9.14. The van der Waals surface area contributed by atoms with Gasteiger partial charge in [-0.2, -0.15) is 4.80 Å². The van der Waals surface area contributed by atoms with Crippen molar-refractivity contribution in [2.24, 2.45) is 0 Å². The number of thiophene rings is 1. The van der Waals surface area contributed by atoms with Gasteiger partial charge >= 0.3 is 0 Å². The predicted octanol–water partition coefficient (Wildman–Crippen LogP) is 3.74. The molecule has 1 amide bonds. The van der Waals surface area contributed by atoms with Crippen LogP contribution in [-0.2, 0) is 17.9 Å². The fourth-order valence-corrected chi connectivity index (χ4v) is 3.38. The Morgan fingerprint density at radius 1 is 1.30 bits per heavy atom. The van der Waals surface area contributed by atoms with Gasteiger partial charge in [-0.15, -0.1) is 28.1 Å². The lowest BCUT2D eigenvalue weighted by Crippen LogP contribution is -2.34. The first-order valence-electron chi connectivity index (χ1n) is 8.86. The minimum atomic E-state index is -0.0672. The van der Waals surface area contributed by atoms with Gasteiger partial charge < -0.3 is 4.90 Å². The second-order valence-corrected chi connectivity index (χ2v) is 7.59. The minimum Gasteiger partial charge on any atom is -0.332 e. The van der Waals surface area contributed by atoms with Crippen LogP contribution in [0, 0.1) is 0 Å². The lowest BCUT2D eigenvalue weighted by molar-refractivity contribution is -0.132. The molecular formula is C20H23N5OS. The number of hydrogen-bond acceptors (Lipinski definition) is 5. The summed E-state index contributed by atoms with van der Waals surface area (Å²) in [5.74, 6) is 0.925. The molecule has 0 aliphatic heterocycles. The number of aromatic nitrogens is 4. The second kappa shape index (κ2) is 8.73. The zero-order valence-corrected chi connectivity index (χ0v) is 16.4. The molecule has 0 saturated heterocycles. The van der Waals surface area contributed by atoms with Crippen molar-refractivity contribution >= 4 is 17.2 Å². The van der Waals surface area contributed by atoms with Gasteiger partial charge in [-0.3, -0.25) is 4.79 Å². The van der Waals surface area contributed by atoms with E-state index in [2.05, 4.69) is 48.0 Å². The summed E-state index contributed by atoms with van der Waals surface area (Å²) in [6.07, 6.45) is 1.72. The third kappa shape index (κ3) is 4.89. The third-order valence-electron chi connectivity index (χ3n) is 4.19. The Bertz CT molecular complexity index is 884. The second-order valence-electron chi connectivity index (χ2n) is 6.56. The van der Waals surface area contributed by atoms with E-state index in [1.807, 2.05) is 29.6 Å². The Labute approximate surface area is 163 Å². The number of rotatable bonds is 8. The highest BCUT2D eigenvalue weighted by molar-refractivity contribution is 7.09. The number of hydrogen-bond donors (Lipinski definition) is 0. The predicted molar refractivity (Wildman–Crippen MR) is 107 cm³/mol. The van der Waals surface area contributed by atoms with Gasteiger partial charge in [0.25, 0.3) is 0 Å². The average Bonchev–Trinajstić information content (AvgIpc) is 3.33. The molecule has 6 nitrogen and oxygen atoms in total. The highest BCUT2D eigenvalue weighted by Gasteiger charge is 2.16. The Kier molecular flexibility index (Phi) is 6.13. The molecule has 0 radical (unpaired) electrons. The van der Waals surface area contributed by atoms with Crippen molar-refractivity contribution in [2.45, 2.75) is 32.9 Å². The first kappa shape index (κ1) is 19.0. The van der Waals surface area contributed by atoms with E-state index in [0.717, 1.165) is 10.4 Å². The maximum atomic E-state index is 12.6. The Morgan fingerprint density at radius 3 is 2.70 bits per heavy atom. The molecule has 140 valence electrons. The number of tetrazole rings is 1. The Morgan fingerprint density at radius 2 is 2.07 bits per heavy atom. The molecule has 3 aromatic rings. The van der Waals surface area contributed by atoms with Crippen LogP contribution >= 0.6 is 11.3 Å². The average molecular weight is 382 g/mol. The van der Waals surface area contributed by atoms with Crippen LogP contribution in [0.3, 0.4) is 0 Å². The molecule has 0 saturated carbocycles. The molecule has 0 aliphatic carbocycles. The van der Waals surface area contributed by atoms with E-state index in [0.29, 0.717) is 24.8 Å². The molecule has 0 unspecified atom stereocenters. The van der Waals surface area contributed by atoms with Gasteiger partial charge in [0.2, 0.25) is 11.7 Å². The van der Waals surface area contributed by atoms with Crippen molar-refractivity contribution in [3.05, 3.63) is 64.9 Å². The van der Waals surface area contributed by atoms with Gasteiger partial charge in [0.05, 0.1) is 6.54 Å². The molecule has 0 bridgehead atoms. The lowest BCUT2D eigenvalue weighted by Gasteiger charge is -2.19. The van der Waals surface area contributed by atoms with E-state index < -0.39 is 0 Å². The summed E-state index contributed by atoms with van der Waals surface area (Å²) in [4.78, 5) is 16.9. The highest BCUT2D eigenvalue weighted by Crippen LogP contribution is 2.19. The van der Waals surface area contributed by atoms with E-state index in [9.17, 15) is 4.79 Å². The maximum Gasteiger partial charge on any atom is 0.246 e. The molecule has 0 atom stereocenters. The van der Waals surface area contributed by atoms with Crippen LogP contribution in [0.15, 0.2) is 54.4 Å². The van der Waals surface area contributed by atoms with Crippen molar-refractivity contribution < 1.29 is 4.79 Å². The molecular weight excluding hydrogens is 358 g/mol. The van der Waals surface area contributed by atoms with E-state index in [1.54, 1.807) is 22.3 Å². The molecule has 27 heavy (non-hydrogen) atoms. The molecule has 0 fully saturated rings. The van der Waals surface area contributed by atoms with Gasteiger partial charge in [-0.05, 0) is 28.1 Å². The maximum absolute atomic E-state index is 12.6. The largest absolute Gasteiger partial charge is 0.332 e. The molecule has 2 aromatic heterocycles. The van der Waals surface area contributed by atoms with Crippen molar-refractivity contribution in [1.82, 2.24) is 25.1 Å². The van der Waals surface area contributed by atoms with E-state index in [4.69, 9.17) is 0 Å². The van der Waals surface area contributed by atoms with E-state index >= 15 is 0 Å². The van der Waals surface area contributed by atoms with Crippen molar-refractivity contribution in [2.75, 3.05) is 6.54 Å². The number of benzene rings is 1. The molecule has 3 rings (SSSR count). The summed E-state index contributed by atoms with van der Waals surface area (Å²) in [5.41, 5.74) is 2.15. The zero-order valence-electron chi connectivity index (χ0n) is 15.6. The topological polar surface area (TPSA) is 63.9 Å². The molecule has 7 heteroatoms. The van der Waals surface area contributed by atoms with Gasteiger partial charge in [0, 0.05) is 17.0 Å². The van der Waals surface area contributed by atoms with Crippen LogP contribution in [0.25, 0.3) is 11.4 Å². The van der Waals surface area contributed by atoms with Crippen LogP contribution in [0.1, 0.15) is 30.2 Å². The van der Waals surface area contributed by atoms with Gasteiger partial charge in [0.1, 0.15) is 6.54 Å². The van der Waals surface area contributed by atoms with Gasteiger partial charge in [0.15, 0.2) is 0 Å². The fourth-order valence-electron chi connectivity index (χ4n) is 2.66. The normalized spacial score (nSPS) is 10.9. The molecule has 1 aromatic carbocycles. The Hall–Kier alpha value is -2.80. The van der Waals surface area contributed by atoms with E-state index in [1.165, 1.54) is 10.4 Å². The SMILES string of the molecule is C=CCN(Cc1cccs1)C(=O)Cn1nnc(-c2ccc(C(C)C)cc2)n1. The minimum absolute atomic E-state index is 0.0519. The van der Waals surface area contributed by atoms with Crippen LogP contribution in [0.4, 0.5) is 0 Å². The quantitative estimate of drug-likeness (QED) is 0.558. The standard InChI is InChI=1S/C20H23N5OS/c1-4-11-24(13-18-6-5-12-27-18)19(26)14-25-22-20(21-23-25)17-9-7-16(8-10-17)15(2)3/h4-10,12,15H,1,11,13-14H2,2-3H3. The van der Waals surface area contributed by atoms with Crippen LogP contribution in [-0.4, -0.2) is 37.6 Å².